The van der Waals surface area contributed by atoms with Crippen LogP contribution < -0.4 is 5.56 Å². The normalized spacial score (nSPS) is 32.1. The molecule has 0 amide bonds. The number of piperidine rings is 1. The van der Waals surface area contributed by atoms with Crippen molar-refractivity contribution in [3.8, 4) is 0 Å². The second kappa shape index (κ2) is 10.8. The first-order valence-corrected chi connectivity index (χ1v) is 14.3. The van der Waals surface area contributed by atoms with E-state index in [1.54, 1.807) is 11.5 Å². The molecule has 2 aliphatic carbocycles. The minimum atomic E-state index is -0.861. The fraction of sp³-hybridized carbons (Fsp3) is 0.655. The Morgan fingerprint density at radius 2 is 1.71 bits per heavy atom. The topological polar surface area (TPSA) is 106 Å². The van der Waals surface area contributed by atoms with Crippen LogP contribution in [0.1, 0.15) is 76.4 Å². The summed E-state index contributed by atoms with van der Waals surface area (Å²) < 4.78 is 12.9. The lowest BCUT2D eigenvalue weighted by Gasteiger charge is -2.54. The third kappa shape index (κ3) is 4.64. The van der Waals surface area contributed by atoms with E-state index in [1.165, 1.54) is 44.9 Å². The standard InChI is InChI=1S/C29H38N4O5/c1-2-38-29(35)27(31-36)26-28(34)33(25-10-6-5-9-24(25)30-26)21-14-22-16-37-17-23(15-21)32(22)20-12-18-7-3-4-8-19(11-18)13-20/h5-6,9-10,18-23,36H,2-4,7-8,11-17H2,1H3/t18?,19?,20?,22-,23-/m0/s1. The van der Waals surface area contributed by atoms with E-state index in [0.717, 1.165) is 30.2 Å². The average Bonchev–Trinajstić information content (AvgIpc) is 3.08. The summed E-state index contributed by atoms with van der Waals surface area (Å²) >= 11 is 0. The Bertz CT molecular complexity index is 1250. The minimum absolute atomic E-state index is 0.0719. The third-order valence-corrected chi connectivity index (χ3v) is 9.28. The van der Waals surface area contributed by atoms with Gasteiger partial charge in [0, 0.05) is 24.2 Å². The zero-order valence-corrected chi connectivity index (χ0v) is 22.1. The number of ether oxygens (including phenoxy) is 2. The molecule has 6 rings (SSSR count). The number of hydrogen-bond acceptors (Lipinski definition) is 8. The Morgan fingerprint density at radius 3 is 2.37 bits per heavy atom. The van der Waals surface area contributed by atoms with Gasteiger partial charge in [0.15, 0.2) is 5.69 Å². The van der Waals surface area contributed by atoms with Crippen LogP contribution in [0.25, 0.3) is 11.0 Å². The van der Waals surface area contributed by atoms with Crippen LogP contribution in [-0.4, -0.2) is 69.3 Å². The van der Waals surface area contributed by atoms with E-state index in [-0.39, 0.29) is 30.4 Å². The molecule has 0 spiro atoms. The maximum atomic E-state index is 13.9. The van der Waals surface area contributed by atoms with Crippen molar-refractivity contribution in [3.63, 3.8) is 0 Å². The zero-order valence-electron chi connectivity index (χ0n) is 22.1. The van der Waals surface area contributed by atoms with E-state index in [1.807, 2.05) is 24.3 Å². The van der Waals surface area contributed by atoms with Gasteiger partial charge in [-0.3, -0.25) is 9.69 Å². The molecule has 4 aliphatic rings. The number of oxime groups is 1. The van der Waals surface area contributed by atoms with Crippen LogP contribution >= 0.6 is 0 Å². The number of carbonyl (C=O) groups is 1. The van der Waals surface area contributed by atoms with E-state index >= 15 is 0 Å². The minimum Gasteiger partial charge on any atom is -0.461 e. The molecular weight excluding hydrogens is 484 g/mol. The predicted octanol–water partition coefficient (Wildman–Crippen LogP) is 3.90. The number of esters is 1. The summed E-state index contributed by atoms with van der Waals surface area (Å²) in [5.74, 6) is 0.822. The number of nitrogens with zero attached hydrogens (tertiary/aromatic N) is 4. The van der Waals surface area contributed by atoms with Gasteiger partial charge in [0.2, 0.25) is 5.71 Å². The second-order valence-corrected chi connectivity index (χ2v) is 11.6. The predicted molar refractivity (Wildman–Crippen MR) is 143 cm³/mol. The van der Waals surface area contributed by atoms with Crippen molar-refractivity contribution in [2.24, 2.45) is 17.0 Å². The summed E-state index contributed by atoms with van der Waals surface area (Å²) in [6.07, 6.45) is 11.0. The molecule has 0 radical (unpaired) electrons. The van der Waals surface area contributed by atoms with E-state index in [4.69, 9.17) is 9.47 Å². The van der Waals surface area contributed by atoms with Crippen LogP contribution in [0, 0.1) is 11.8 Å². The van der Waals surface area contributed by atoms with Crippen LogP contribution in [0.15, 0.2) is 34.2 Å². The number of carbonyl (C=O) groups excluding carboxylic acids is 1. The monoisotopic (exact) mass is 522 g/mol. The van der Waals surface area contributed by atoms with Gasteiger partial charge in [-0.25, -0.2) is 9.78 Å². The molecule has 2 aliphatic heterocycles. The number of benzene rings is 1. The maximum Gasteiger partial charge on any atom is 0.362 e. The van der Waals surface area contributed by atoms with Gasteiger partial charge < -0.3 is 19.2 Å². The Morgan fingerprint density at radius 1 is 1.03 bits per heavy atom. The zero-order chi connectivity index (χ0) is 26.2. The Balaban J connectivity index is 1.35. The van der Waals surface area contributed by atoms with E-state index < -0.39 is 17.2 Å². The highest BCUT2D eigenvalue weighted by Crippen LogP contribution is 2.44. The Labute approximate surface area is 222 Å². The van der Waals surface area contributed by atoms with Crippen molar-refractivity contribution in [1.29, 1.82) is 0 Å². The van der Waals surface area contributed by atoms with Crippen molar-refractivity contribution < 1.29 is 19.5 Å². The molecule has 4 atom stereocenters. The fourth-order valence-electron chi connectivity index (χ4n) is 7.89. The molecule has 2 unspecified atom stereocenters. The lowest BCUT2D eigenvalue weighted by molar-refractivity contribution is -0.135. The summed E-state index contributed by atoms with van der Waals surface area (Å²) in [4.78, 5) is 33.6. The molecule has 9 heteroatoms. The summed E-state index contributed by atoms with van der Waals surface area (Å²) in [6.45, 7) is 3.12. The van der Waals surface area contributed by atoms with Gasteiger partial charge >= 0.3 is 5.97 Å². The van der Waals surface area contributed by atoms with Crippen molar-refractivity contribution in [2.75, 3.05) is 19.8 Å². The summed E-state index contributed by atoms with van der Waals surface area (Å²) in [6, 6.07) is 8.48. The molecule has 1 aromatic heterocycles. The molecule has 2 aromatic rings. The van der Waals surface area contributed by atoms with Gasteiger partial charge in [0.05, 0.1) is 30.9 Å². The SMILES string of the molecule is CCOC(=O)C(=NO)c1nc2ccccc2n(C2C[C@H]3COC[C@H](C2)N3C2CC3CCCCC(C3)C2)c1=O. The van der Waals surface area contributed by atoms with E-state index in [0.29, 0.717) is 24.8 Å². The van der Waals surface area contributed by atoms with Gasteiger partial charge in [-0.1, -0.05) is 43.0 Å². The number of hydrogen-bond donors (Lipinski definition) is 1. The molecule has 2 saturated carbocycles. The van der Waals surface area contributed by atoms with Crippen molar-refractivity contribution >= 4 is 22.7 Å². The molecule has 204 valence electrons. The van der Waals surface area contributed by atoms with Crippen molar-refractivity contribution in [3.05, 3.63) is 40.3 Å². The van der Waals surface area contributed by atoms with E-state index in [9.17, 15) is 14.8 Å². The molecule has 9 nitrogen and oxygen atoms in total. The van der Waals surface area contributed by atoms with Crippen LogP contribution in [-0.2, 0) is 14.3 Å². The number of morpholine rings is 1. The molecular formula is C29H38N4O5. The maximum absolute atomic E-state index is 13.9. The van der Waals surface area contributed by atoms with Crippen LogP contribution in [0.4, 0.5) is 0 Å². The van der Waals surface area contributed by atoms with Crippen LogP contribution in [0.2, 0.25) is 0 Å². The Hall–Kier alpha value is -2.78. The fourth-order valence-corrected chi connectivity index (χ4v) is 7.89. The number of aromatic nitrogens is 2. The van der Waals surface area contributed by atoms with Gasteiger partial charge in [-0.2, -0.15) is 0 Å². The summed E-state index contributed by atoms with van der Waals surface area (Å²) in [7, 11) is 0. The molecule has 1 N–H and O–H groups in total. The summed E-state index contributed by atoms with van der Waals surface area (Å²) in [5, 5.41) is 12.8. The third-order valence-electron chi connectivity index (χ3n) is 9.28. The number of fused-ring (bicyclic) bond motifs is 5. The lowest BCUT2D eigenvalue weighted by atomic mass is 9.75. The van der Waals surface area contributed by atoms with Gasteiger partial charge in [-0.15, -0.1) is 0 Å². The van der Waals surface area contributed by atoms with Gasteiger partial charge in [0.1, 0.15) is 0 Å². The first-order chi connectivity index (χ1) is 18.6. The number of para-hydroxylation sites is 2. The molecule has 4 fully saturated rings. The van der Waals surface area contributed by atoms with Gasteiger partial charge in [-0.05, 0) is 63.0 Å². The molecule has 1 aromatic carbocycles. The molecule has 2 saturated heterocycles. The second-order valence-electron chi connectivity index (χ2n) is 11.6. The van der Waals surface area contributed by atoms with Crippen molar-refractivity contribution in [2.45, 2.75) is 88.9 Å². The molecule has 38 heavy (non-hydrogen) atoms. The quantitative estimate of drug-likeness (QED) is 0.275. The van der Waals surface area contributed by atoms with E-state index in [2.05, 4.69) is 15.0 Å². The lowest BCUT2D eigenvalue weighted by Crippen LogP contribution is -2.62. The first kappa shape index (κ1) is 25.5. The molecule has 4 bridgehead atoms. The van der Waals surface area contributed by atoms with Gasteiger partial charge in [0.25, 0.3) is 5.56 Å². The number of rotatable bonds is 5. The highest BCUT2D eigenvalue weighted by atomic mass is 16.5. The van der Waals surface area contributed by atoms with Crippen LogP contribution in [0.5, 0.6) is 0 Å². The average molecular weight is 523 g/mol. The van der Waals surface area contributed by atoms with Crippen molar-refractivity contribution in [1.82, 2.24) is 14.5 Å². The first-order valence-electron chi connectivity index (χ1n) is 14.3. The Kier molecular flexibility index (Phi) is 7.22. The smallest absolute Gasteiger partial charge is 0.362 e. The highest BCUT2D eigenvalue weighted by molar-refractivity contribution is 6.42. The van der Waals surface area contributed by atoms with Crippen LogP contribution in [0.3, 0.4) is 0 Å². The highest BCUT2D eigenvalue weighted by Gasteiger charge is 2.46. The molecule has 3 heterocycles. The largest absolute Gasteiger partial charge is 0.461 e. The summed E-state index contributed by atoms with van der Waals surface area (Å²) in [5.41, 5.74) is 0.244.